The summed E-state index contributed by atoms with van der Waals surface area (Å²) in [5.41, 5.74) is 1.97. The first-order chi connectivity index (χ1) is 9.27. The zero-order valence-electron chi connectivity index (χ0n) is 9.84. The zero-order valence-corrected chi connectivity index (χ0v) is 10.7. The summed E-state index contributed by atoms with van der Waals surface area (Å²) in [6.45, 7) is 0. The van der Waals surface area contributed by atoms with Gasteiger partial charge in [-0.05, 0) is 6.07 Å². The predicted octanol–water partition coefficient (Wildman–Crippen LogP) is 3.95. The monoisotopic (exact) mass is 264 g/mol. The van der Waals surface area contributed by atoms with Crippen LogP contribution in [0.15, 0.2) is 48.5 Å². The van der Waals surface area contributed by atoms with Crippen LogP contribution in [0.4, 0.5) is 0 Å². The van der Waals surface area contributed by atoms with Crippen LogP contribution in [-0.4, -0.2) is 11.6 Å². The lowest BCUT2D eigenvalue weighted by molar-refractivity contribution is 0.0816. The Morgan fingerprint density at radius 1 is 0.737 bits per heavy atom. The van der Waals surface area contributed by atoms with Crippen LogP contribution in [0.1, 0.15) is 20.7 Å². The molecule has 90 valence electrons. The van der Waals surface area contributed by atoms with Gasteiger partial charge in [-0.1, -0.05) is 42.5 Å². The summed E-state index contributed by atoms with van der Waals surface area (Å²) in [7, 11) is 0. The van der Waals surface area contributed by atoms with Gasteiger partial charge in [0.25, 0.3) is 0 Å². The van der Waals surface area contributed by atoms with Crippen molar-refractivity contribution in [2.75, 3.05) is 0 Å². The van der Waals surface area contributed by atoms with E-state index < -0.39 is 5.78 Å². The topological polar surface area (TPSA) is 34.1 Å². The normalized spacial score (nSPS) is 13.5. The molecule has 19 heavy (non-hydrogen) atoms. The first-order valence-electron chi connectivity index (χ1n) is 5.97. The Hall–Kier alpha value is -2.26. The van der Waals surface area contributed by atoms with E-state index in [1.807, 2.05) is 36.4 Å². The summed E-state index contributed by atoms with van der Waals surface area (Å²) in [6, 6.07) is 15.1. The van der Waals surface area contributed by atoms with Gasteiger partial charge in [0.2, 0.25) is 11.6 Å². The fourth-order valence-corrected chi connectivity index (χ4v) is 3.81. The number of ketones is 2. The molecule has 0 bridgehead atoms. The number of hydrogen-bond donors (Lipinski definition) is 0. The molecule has 1 heterocycles. The molecule has 1 aliphatic rings. The van der Waals surface area contributed by atoms with Gasteiger partial charge in [0.05, 0.1) is 5.56 Å². The van der Waals surface area contributed by atoms with Crippen molar-refractivity contribution in [3.63, 3.8) is 0 Å². The van der Waals surface area contributed by atoms with E-state index in [1.54, 1.807) is 23.5 Å². The summed E-state index contributed by atoms with van der Waals surface area (Å²) in [5, 5.41) is 0.885. The summed E-state index contributed by atoms with van der Waals surface area (Å²) in [6.07, 6.45) is 0. The van der Waals surface area contributed by atoms with Gasteiger partial charge >= 0.3 is 0 Å². The first-order valence-corrected chi connectivity index (χ1v) is 6.79. The highest BCUT2D eigenvalue weighted by Crippen LogP contribution is 2.43. The molecule has 0 N–H and O–H groups in total. The van der Waals surface area contributed by atoms with E-state index in [9.17, 15) is 9.59 Å². The second kappa shape index (κ2) is 3.62. The molecular weight excluding hydrogens is 256 g/mol. The van der Waals surface area contributed by atoms with Crippen molar-refractivity contribution in [1.82, 2.24) is 0 Å². The molecular formula is C16H8O2S. The van der Waals surface area contributed by atoms with Crippen molar-refractivity contribution >= 4 is 33.0 Å². The maximum absolute atomic E-state index is 12.3. The lowest BCUT2D eigenvalue weighted by Crippen LogP contribution is -2.19. The van der Waals surface area contributed by atoms with Crippen LogP contribution < -0.4 is 0 Å². The molecule has 1 aromatic heterocycles. The van der Waals surface area contributed by atoms with Crippen molar-refractivity contribution in [2.24, 2.45) is 0 Å². The van der Waals surface area contributed by atoms with E-state index in [1.165, 1.54) is 0 Å². The Morgan fingerprint density at radius 2 is 1.42 bits per heavy atom. The Kier molecular flexibility index (Phi) is 2.03. The highest BCUT2D eigenvalue weighted by Gasteiger charge is 2.33. The molecule has 3 aromatic rings. The third kappa shape index (κ3) is 1.30. The van der Waals surface area contributed by atoms with E-state index >= 15 is 0 Å². The standard InChI is InChI=1S/C16H8O2S/c17-14-9-5-1-2-6-10(9)16-13(15(14)18)11-7-3-4-8-12(11)19-16/h1-8H. The molecule has 0 amide bonds. The Labute approximate surface area is 113 Å². The molecule has 2 nitrogen and oxygen atoms in total. The highest BCUT2D eigenvalue weighted by atomic mass is 32.1. The Bertz CT molecular complexity index is 858. The summed E-state index contributed by atoms with van der Waals surface area (Å²) < 4.78 is 1.05. The minimum absolute atomic E-state index is 0.383. The SMILES string of the molecule is O=C1C(=O)c2c(sc3ccccc23)-c2ccccc21. The van der Waals surface area contributed by atoms with E-state index in [0.29, 0.717) is 11.1 Å². The van der Waals surface area contributed by atoms with Crippen LogP contribution in [0.3, 0.4) is 0 Å². The third-order valence-electron chi connectivity index (χ3n) is 3.45. The van der Waals surface area contributed by atoms with Crippen LogP contribution in [0.25, 0.3) is 20.5 Å². The lowest BCUT2D eigenvalue weighted by Gasteiger charge is -2.13. The number of rotatable bonds is 0. The Balaban J connectivity index is 2.20. The summed E-state index contributed by atoms with van der Waals surface area (Å²) in [5.74, 6) is -0.780. The van der Waals surface area contributed by atoms with Gasteiger partial charge in [0.15, 0.2) is 0 Å². The van der Waals surface area contributed by atoms with Crippen LogP contribution in [0, 0.1) is 0 Å². The largest absolute Gasteiger partial charge is 0.285 e. The summed E-state index contributed by atoms with van der Waals surface area (Å²) >= 11 is 1.58. The molecule has 0 saturated heterocycles. The average molecular weight is 264 g/mol. The molecule has 0 saturated carbocycles. The van der Waals surface area contributed by atoms with E-state index in [2.05, 4.69) is 0 Å². The fraction of sp³-hybridized carbons (Fsp3) is 0. The van der Waals surface area contributed by atoms with Gasteiger partial charge in [-0.3, -0.25) is 9.59 Å². The van der Waals surface area contributed by atoms with Crippen molar-refractivity contribution in [3.8, 4) is 10.4 Å². The minimum Gasteiger partial charge on any atom is -0.285 e. The summed E-state index contributed by atoms with van der Waals surface area (Å²) in [4.78, 5) is 25.4. The van der Waals surface area contributed by atoms with Gasteiger partial charge in [0.1, 0.15) is 0 Å². The number of hydrogen-bond acceptors (Lipinski definition) is 3. The van der Waals surface area contributed by atoms with E-state index in [0.717, 1.165) is 20.5 Å². The fourth-order valence-electron chi connectivity index (χ4n) is 2.58. The molecule has 2 aromatic carbocycles. The maximum atomic E-state index is 12.3. The minimum atomic E-state index is -0.397. The van der Waals surface area contributed by atoms with Crippen LogP contribution in [0.5, 0.6) is 0 Å². The van der Waals surface area contributed by atoms with Crippen LogP contribution >= 0.6 is 11.3 Å². The molecule has 0 aliphatic heterocycles. The molecule has 4 rings (SSSR count). The second-order valence-electron chi connectivity index (χ2n) is 4.51. The zero-order chi connectivity index (χ0) is 13.0. The highest BCUT2D eigenvalue weighted by molar-refractivity contribution is 7.23. The predicted molar refractivity (Wildman–Crippen MR) is 75.9 cm³/mol. The van der Waals surface area contributed by atoms with Gasteiger partial charge in [-0.25, -0.2) is 0 Å². The van der Waals surface area contributed by atoms with Crippen LogP contribution in [0.2, 0.25) is 0 Å². The first kappa shape index (κ1) is 10.6. The van der Waals surface area contributed by atoms with Crippen LogP contribution in [-0.2, 0) is 0 Å². The van der Waals surface area contributed by atoms with Crippen molar-refractivity contribution in [1.29, 1.82) is 0 Å². The number of benzene rings is 2. The van der Waals surface area contributed by atoms with Gasteiger partial charge in [-0.15, -0.1) is 11.3 Å². The molecule has 0 radical (unpaired) electrons. The number of thiophene rings is 1. The van der Waals surface area contributed by atoms with Crippen molar-refractivity contribution < 1.29 is 9.59 Å². The second-order valence-corrected chi connectivity index (χ2v) is 5.56. The van der Waals surface area contributed by atoms with Crippen molar-refractivity contribution in [3.05, 3.63) is 59.7 Å². The average Bonchev–Trinajstić information content (AvgIpc) is 2.84. The van der Waals surface area contributed by atoms with E-state index in [4.69, 9.17) is 0 Å². The van der Waals surface area contributed by atoms with Gasteiger partial charge in [0, 0.05) is 26.1 Å². The smallest absolute Gasteiger partial charge is 0.235 e. The number of Topliss-reactive ketones (excluding diaryl/α,β-unsaturated/α-hetero) is 2. The molecule has 0 atom stereocenters. The third-order valence-corrected chi connectivity index (χ3v) is 4.65. The number of carbonyl (C=O) groups excluding carboxylic acids is 2. The number of carbonyl (C=O) groups is 2. The molecule has 0 spiro atoms. The molecule has 0 fully saturated rings. The number of fused-ring (bicyclic) bond motifs is 5. The van der Waals surface area contributed by atoms with Crippen molar-refractivity contribution in [2.45, 2.75) is 0 Å². The molecule has 3 heteroatoms. The molecule has 1 aliphatic carbocycles. The Morgan fingerprint density at radius 3 is 2.26 bits per heavy atom. The lowest BCUT2D eigenvalue weighted by atomic mass is 9.88. The van der Waals surface area contributed by atoms with E-state index in [-0.39, 0.29) is 5.78 Å². The van der Waals surface area contributed by atoms with Gasteiger partial charge < -0.3 is 0 Å². The quantitative estimate of drug-likeness (QED) is 0.576. The maximum Gasteiger partial charge on any atom is 0.235 e. The van der Waals surface area contributed by atoms with Gasteiger partial charge in [-0.2, -0.15) is 0 Å². The molecule has 0 unspecified atom stereocenters.